The van der Waals surface area contributed by atoms with E-state index in [0.29, 0.717) is 24.5 Å². The van der Waals surface area contributed by atoms with Gasteiger partial charge in [-0.2, -0.15) is 0 Å². The quantitative estimate of drug-likeness (QED) is 0.769. The average molecular weight is 276 g/mol. The topological polar surface area (TPSA) is 108 Å². The summed E-state index contributed by atoms with van der Waals surface area (Å²) in [7, 11) is 1.84. The lowest BCUT2D eigenvalue weighted by atomic mass is 10.2. The van der Waals surface area contributed by atoms with E-state index in [2.05, 4.69) is 20.5 Å². The lowest BCUT2D eigenvalue weighted by Gasteiger charge is -2.09. The number of rotatable bonds is 5. The molecule has 0 saturated carbocycles. The van der Waals surface area contributed by atoms with Crippen LogP contribution >= 0.6 is 0 Å². The first kappa shape index (κ1) is 13.8. The van der Waals surface area contributed by atoms with Crippen LogP contribution in [-0.2, 0) is 18.3 Å². The van der Waals surface area contributed by atoms with E-state index in [9.17, 15) is 4.79 Å². The Morgan fingerprint density at radius 2 is 2.35 bits per heavy atom. The lowest BCUT2D eigenvalue weighted by molar-refractivity contribution is 0.0527. The molecule has 0 aromatic carbocycles. The molecule has 2 aromatic rings. The Labute approximate surface area is 116 Å². The Morgan fingerprint density at radius 1 is 1.55 bits per heavy atom. The van der Waals surface area contributed by atoms with Crippen molar-refractivity contribution < 1.29 is 9.53 Å². The number of hydrogen-bond acceptors (Lipinski definition) is 7. The fourth-order valence-electron chi connectivity index (χ4n) is 1.59. The normalized spacial score (nSPS) is 10.3. The zero-order valence-corrected chi connectivity index (χ0v) is 11.3. The molecule has 0 aliphatic heterocycles. The van der Waals surface area contributed by atoms with Crippen LogP contribution in [0.3, 0.4) is 0 Å². The summed E-state index contributed by atoms with van der Waals surface area (Å²) in [6, 6.07) is 1.56. The van der Waals surface area contributed by atoms with Crippen LogP contribution in [0.5, 0.6) is 0 Å². The molecule has 106 valence electrons. The fourth-order valence-corrected chi connectivity index (χ4v) is 1.59. The Bertz CT molecular complexity index is 610. The summed E-state index contributed by atoms with van der Waals surface area (Å²) in [4.78, 5) is 15.8. The highest BCUT2D eigenvalue weighted by Gasteiger charge is 2.12. The SMILES string of the molecule is CCOC(=O)c1cc(NCc2nncn2C)ncc1N. The Kier molecular flexibility index (Phi) is 4.14. The van der Waals surface area contributed by atoms with Gasteiger partial charge in [-0.25, -0.2) is 9.78 Å². The van der Waals surface area contributed by atoms with E-state index in [-0.39, 0.29) is 5.69 Å². The predicted octanol–water partition coefficient (Wildman–Crippen LogP) is 0.581. The zero-order valence-electron chi connectivity index (χ0n) is 11.3. The molecule has 0 amide bonds. The number of nitrogens with two attached hydrogens (primary N) is 1. The van der Waals surface area contributed by atoms with Crippen LogP contribution in [0.25, 0.3) is 0 Å². The van der Waals surface area contributed by atoms with E-state index in [1.165, 1.54) is 6.20 Å². The van der Waals surface area contributed by atoms with Gasteiger partial charge in [-0.15, -0.1) is 10.2 Å². The van der Waals surface area contributed by atoms with Crippen LogP contribution in [0.4, 0.5) is 11.5 Å². The number of anilines is 2. The number of aromatic nitrogens is 4. The first-order chi connectivity index (χ1) is 9.61. The molecule has 0 atom stereocenters. The van der Waals surface area contributed by atoms with Crippen molar-refractivity contribution in [2.75, 3.05) is 17.7 Å². The molecule has 0 unspecified atom stereocenters. The highest BCUT2D eigenvalue weighted by Crippen LogP contribution is 2.16. The highest BCUT2D eigenvalue weighted by atomic mass is 16.5. The molecule has 0 aliphatic carbocycles. The van der Waals surface area contributed by atoms with Gasteiger partial charge in [0.15, 0.2) is 5.82 Å². The van der Waals surface area contributed by atoms with Gasteiger partial charge >= 0.3 is 5.97 Å². The third-order valence-corrected chi connectivity index (χ3v) is 2.66. The Balaban J connectivity index is 2.11. The van der Waals surface area contributed by atoms with Gasteiger partial charge in [0, 0.05) is 7.05 Å². The number of nitrogens with zero attached hydrogens (tertiary/aromatic N) is 4. The smallest absolute Gasteiger partial charge is 0.340 e. The van der Waals surface area contributed by atoms with Crippen LogP contribution in [0.1, 0.15) is 23.1 Å². The predicted molar refractivity (Wildman–Crippen MR) is 72.9 cm³/mol. The monoisotopic (exact) mass is 276 g/mol. The molecule has 0 spiro atoms. The summed E-state index contributed by atoms with van der Waals surface area (Å²) < 4.78 is 6.72. The number of ether oxygens (including phenoxy) is 1. The fraction of sp³-hybridized carbons (Fsp3) is 0.333. The van der Waals surface area contributed by atoms with Gasteiger partial charge in [0.25, 0.3) is 0 Å². The molecule has 0 radical (unpaired) electrons. The van der Waals surface area contributed by atoms with Crippen LogP contribution in [-0.4, -0.2) is 32.3 Å². The van der Waals surface area contributed by atoms with E-state index >= 15 is 0 Å². The highest BCUT2D eigenvalue weighted by molar-refractivity contribution is 5.95. The van der Waals surface area contributed by atoms with Crippen molar-refractivity contribution in [1.29, 1.82) is 0 Å². The van der Waals surface area contributed by atoms with Gasteiger partial charge in [0.2, 0.25) is 0 Å². The van der Waals surface area contributed by atoms with Crippen molar-refractivity contribution in [3.8, 4) is 0 Å². The molecular formula is C12H16N6O2. The van der Waals surface area contributed by atoms with Gasteiger partial charge < -0.3 is 20.4 Å². The Morgan fingerprint density at radius 3 is 3.00 bits per heavy atom. The first-order valence-corrected chi connectivity index (χ1v) is 6.11. The number of aryl methyl sites for hydroxylation is 1. The molecule has 8 heteroatoms. The molecule has 0 fully saturated rings. The molecule has 0 aliphatic rings. The van der Waals surface area contributed by atoms with E-state index in [1.54, 1.807) is 23.9 Å². The maximum absolute atomic E-state index is 11.7. The molecule has 2 aromatic heterocycles. The van der Waals surface area contributed by atoms with Gasteiger partial charge in [-0.1, -0.05) is 0 Å². The minimum Gasteiger partial charge on any atom is -0.462 e. The maximum atomic E-state index is 11.7. The summed E-state index contributed by atoms with van der Waals surface area (Å²) in [6.07, 6.45) is 3.03. The third kappa shape index (κ3) is 3.02. The molecule has 20 heavy (non-hydrogen) atoms. The minimum atomic E-state index is -0.464. The molecule has 2 heterocycles. The second kappa shape index (κ2) is 6.00. The number of nitrogen functional groups attached to an aromatic ring is 1. The average Bonchev–Trinajstić information content (AvgIpc) is 2.83. The molecular weight excluding hydrogens is 260 g/mol. The number of hydrogen-bond donors (Lipinski definition) is 2. The van der Waals surface area contributed by atoms with E-state index in [1.807, 2.05) is 7.05 Å². The number of nitrogens with one attached hydrogen (secondary N) is 1. The second-order valence-electron chi connectivity index (χ2n) is 4.09. The van der Waals surface area contributed by atoms with Crippen LogP contribution in [0, 0.1) is 0 Å². The summed E-state index contributed by atoms with van der Waals surface area (Å²) in [5.41, 5.74) is 6.30. The number of esters is 1. The van der Waals surface area contributed by atoms with Crippen molar-refractivity contribution in [1.82, 2.24) is 19.7 Å². The summed E-state index contributed by atoms with van der Waals surface area (Å²) in [6.45, 7) is 2.47. The number of pyridine rings is 1. The molecule has 8 nitrogen and oxygen atoms in total. The molecule has 0 saturated heterocycles. The number of carbonyl (C=O) groups excluding carboxylic acids is 1. The van der Waals surface area contributed by atoms with E-state index < -0.39 is 5.97 Å². The molecule has 3 N–H and O–H groups in total. The minimum absolute atomic E-state index is 0.285. The molecule has 0 bridgehead atoms. The van der Waals surface area contributed by atoms with Gasteiger partial charge in [0.1, 0.15) is 12.1 Å². The van der Waals surface area contributed by atoms with Gasteiger partial charge in [0.05, 0.1) is 30.6 Å². The third-order valence-electron chi connectivity index (χ3n) is 2.66. The van der Waals surface area contributed by atoms with E-state index in [0.717, 1.165) is 5.82 Å². The first-order valence-electron chi connectivity index (χ1n) is 6.11. The lowest BCUT2D eigenvalue weighted by Crippen LogP contribution is -2.11. The van der Waals surface area contributed by atoms with Crippen molar-refractivity contribution in [3.05, 3.63) is 30.0 Å². The van der Waals surface area contributed by atoms with Crippen LogP contribution < -0.4 is 11.1 Å². The summed E-state index contributed by atoms with van der Waals surface area (Å²) >= 11 is 0. The summed E-state index contributed by atoms with van der Waals surface area (Å²) in [5.74, 6) is 0.806. The zero-order chi connectivity index (χ0) is 14.5. The standard InChI is InChI=1S/C12H16N6O2/c1-3-20-12(19)8-4-10(14-5-9(8)13)15-6-11-17-16-7-18(11)2/h4-5,7H,3,6,13H2,1-2H3,(H,14,15). The largest absolute Gasteiger partial charge is 0.462 e. The second-order valence-corrected chi connectivity index (χ2v) is 4.09. The van der Waals surface area contributed by atoms with Crippen molar-refractivity contribution in [2.45, 2.75) is 13.5 Å². The van der Waals surface area contributed by atoms with Gasteiger partial charge in [-0.05, 0) is 13.0 Å². The maximum Gasteiger partial charge on any atom is 0.340 e. The Hall–Kier alpha value is -2.64. The van der Waals surface area contributed by atoms with Crippen LogP contribution in [0.15, 0.2) is 18.6 Å². The van der Waals surface area contributed by atoms with Crippen molar-refractivity contribution in [3.63, 3.8) is 0 Å². The van der Waals surface area contributed by atoms with Crippen molar-refractivity contribution >= 4 is 17.5 Å². The molecule has 2 rings (SSSR count). The number of carbonyl (C=O) groups is 1. The summed E-state index contributed by atoms with van der Waals surface area (Å²) in [5, 5.41) is 10.8. The van der Waals surface area contributed by atoms with Gasteiger partial charge in [-0.3, -0.25) is 0 Å². The van der Waals surface area contributed by atoms with Crippen LogP contribution in [0.2, 0.25) is 0 Å². The van der Waals surface area contributed by atoms with Crippen molar-refractivity contribution in [2.24, 2.45) is 7.05 Å². The van der Waals surface area contributed by atoms with E-state index in [4.69, 9.17) is 10.5 Å².